The van der Waals surface area contributed by atoms with Crippen LogP contribution in [-0.4, -0.2) is 9.55 Å². The summed E-state index contributed by atoms with van der Waals surface area (Å²) in [6, 6.07) is 82.4. The van der Waals surface area contributed by atoms with Gasteiger partial charge in [-0.2, -0.15) is 0 Å². The van der Waals surface area contributed by atoms with Gasteiger partial charge in [0.1, 0.15) is 17.0 Å². The van der Waals surface area contributed by atoms with Crippen molar-refractivity contribution >= 4 is 43.7 Å². The molecule has 3 heterocycles. The molecule has 0 atom stereocenters. The van der Waals surface area contributed by atoms with Crippen LogP contribution in [0.5, 0.6) is 0 Å². The van der Waals surface area contributed by atoms with Gasteiger partial charge < -0.3 is 4.42 Å². The van der Waals surface area contributed by atoms with Gasteiger partial charge in [0.05, 0.1) is 16.7 Å². The second-order valence-electron chi connectivity index (χ2n) is 16.0. The molecule has 3 aromatic heterocycles. The van der Waals surface area contributed by atoms with E-state index >= 15 is 0 Å². The molecular weight excluding hydrogens is 753 g/mol. The molecule has 0 aliphatic carbocycles. The Labute approximate surface area is 359 Å². The van der Waals surface area contributed by atoms with Crippen molar-refractivity contribution in [2.24, 2.45) is 0 Å². The van der Waals surface area contributed by atoms with E-state index in [1.165, 1.54) is 44.2 Å². The van der Waals surface area contributed by atoms with Gasteiger partial charge >= 0.3 is 0 Å². The summed E-state index contributed by atoms with van der Waals surface area (Å²) in [5.41, 5.74) is 17.7. The van der Waals surface area contributed by atoms with Crippen molar-refractivity contribution in [3.63, 3.8) is 0 Å². The second-order valence-corrected chi connectivity index (χ2v) is 16.0. The first-order valence-corrected chi connectivity index (χ1v) is 21.1. The second kappa shape index (κ2) is 14.8. The number of nitrogens with zero attached hydrogens (tertiary/aromatic N) is 2. The summed E-state index contributed by atoms with van der Waals surface area (Å²) >= 11 is 0. The molecule has 0 saturated carbocycles. The maximum atomic E-state index is 6.14. The zero-order valence-electron chi connectivity index (χ0n) is 33.7. The van der Waals surface area contributed by atoms with Crippen molar-refractivity contribution in [3.05, 3.63) is 231 Å². The van der Waals surface area contributed by atoms with Crippen LogP contribution in [0.4, 0.5) is 0 Å². The fraction of sp³-hybridized carbons (Fsp3) is 0. The van der Waals surface area contributed by atoms with Crippen LogP contribution in [0.15, 0.2) is 235 Å². The smallest absolute Gasteiger partial charge is 0.138 e. The van der Waals surface area contributed by atoms with Crippen molar-refractivity contribution in [1.29, 1.82) is 0 Å². The average molecular weight is 791 g/mol. The minimum Gasteiger partial charge on any atom is -0.456 e. The van der Waals surface area contributed by atoms with Crippen molar-refractivity contribution in [3.8, 4) is 72.7 Å². The molecule has 12 rings (SSSR count). The number of hydrogen-bond donors (Lipinski definition) is 0. The van der Waals surface area contributed by atoms with Gasteiger partial charge in [-0.15, -0.1) is 0 Å². The van der Waals surface area contributed by atoms with E-state index in [1.54, 1.807) is 0 Å². The van der Waals surface area contributed by atoms with Crippen LogP contribution in [0, 0.1) is 0 Å². The highest BCUT2D eigenvalue weighted by molar-refractivity contribution is 6.11. The number of benzene rings is 9. The van der Waals surface area contributed by atoms with Gasteiger partial charge in [-0.3, -0.25) is 4.57 Å². The summed E-state index contributed by atoms with van der Waals surface area (Å²) in [7, 11) is 0. The summed E-state index contributed by atoms with van der Waals surface area (Å²) in [5, 5.41) is 4.64. The third-order valence-electron chi connectivity index (χ3n) is 12.2. The lowest BCUT2D eigenvalue weighted by atomic mass is 9.97. The number of furan rings is 1. The van der Waals surface area contributed by atoms with Gasteiger partial charge in [0.25, 0.3) is 0 Å². The third-order valence-corrected chi connectivity index (χ3v) is 12.2. The van der Waals surface area contributed by atoms with Crippen molar-refractivity contribution < 1.29 is 4.42 Å². The fourth-order valence-corrected chi connectivity index (χ4v) is 9.08. The number of hydrogen-bond acceptors (Lipinski definition) is 2. The zero-order valence-corrected chi connectivity index (χ0v) is 33.7. The molecule has 0 unspecified atom stereocenters. The van der Waals surface area contributed by atoms with Gasteiger partial charge in [-0.1, -0.05) is 176 Å². The lowest BCUT2D eigenvalue weighted by Crippen LogP contribution is -2.00. The highest BCUT2D eigenvalue weighted by Gasteiger charge is 2.17. The highest BCUT2D eigenvalue weighted by Crippen LogP contribution is 2.39. The predicted octanol–water partition coefficient (Wildman–Crippen LogP) is 16.1. The first-order valence-electron chi connectivity index (χ1n) is 21.1. The van der Waals surface area contributed by atoms with Gasteiger partial charge in [0.15, 0.2) is 0 Å². The van der Waals surface area contributed by atoms with Gasteiger partial charge in [0, 0.05) is 27.1 Å². The number of aromatic nitrogens is 2. The van der Waals surface area contributed by atoms with E-state index in [9.17, 15) is 0 Å². The Hall–Kier alpha value is -8.27. The quantitative estimate of drug-likeness (QED) is 0.161. The van der Waals surface area contributed by atoms with E-state index in [1.807, 2.05) is 12.1 Å². The minimum atomic E-state index is 0.875. The first kappa shape index (κ1) is 35.7. The minimum absolute atomic E-state index is 0.875. The molecule has 0 aliphatic rings. The normalized spacial score (nSPS) is 11.5. The van der Waals surface area contributed by atoms with Crippen molar-refractivity contribution in [1.82, 2.24) is 9.55 Å². The molecule has 0 N–H and O–H groups in total. The maximum Gasteiger partial charge on any atom is 0.138 e. The fourth-order valence-electron chi connectivity index (χ4n) is 9.08. The summed E-state index contributed by atoms with van der Waals surface area (Å²) in [4.78, 5) is 5.46. The van der Waals surface area contributed by atoms with Crippen LogP contribution in [0.3, 0.4) is 0 Å². The summed E-state index contributed by atoms with van der Waals surface area (Å²) < 4.78 is 8.47. The van der Waals surface area contributed by atoms with Gasteiger partial charge in [0.2, 0.25) is 0 Å². The van der Waals surface area contributed by atoms with E-state index in [0.29, 0.717) is 0 Å². The summed E-state index contributed by atoms with van der Waals surface area (Å²) in [6.45, 7) is 0. The van der Waals surface area contributed by atoms with E-state index in [2.05, 4.69) is 223 Å². The van der Waals surface area contributed by atoms with E-state index in [-0.39, 0.29) is 0 Å². The number of fused-ring (bicyclic) bond motifs is 6. The molecule has 12 aromatic rings. The molecule has 0 bridgehead atoms. The monoisotopic (exact) mass is 790 g/mol. The molecule has 0 radical (unpaired) electrons. The molecule has 0 aliphatic heterocycles. The van der Waals surface area contributed by atoms with Gasteiger partial charge in [-0.05, 0) is 110 Å². The molecule has 0 fully saturated rings. The SMILES string of the molecule is c1ccc(-c2ccc(-c3cc(-c4ccc(-c5ccccc5)cc4)nc(-n4c5ccccc5c5cc(-c6cccc(-c7ccc8oc9ccccc9c8c7)c6)ccc54)c3)cc2)cc1. The van der Waals surface area contributed by atoms with Crippen LogP contribution < -0.4 is 0 Å². The van der Waals surface area contributed by atoms with Crippen molar-refractivity contribution in [2.75, 3.05) is 0 Å². The summed E-state index contributed by atoms with van der Waals surface area (Å²) in [5.74, 6) is 0.875. The Morgan fingerprint density at radius 3 is 1.44 bits per heavy atom. The van der Waals surface area contributed by atoms with E-state index in [0.717, 1.165) is 72.3 Å². The van der Waals surface area contributed by atoms with Crippen LogP contribution in [-0.2, 0) is 0 Å². The number of pyridine rings is 1. The van der Waals surface area contributed by atoms with Crippen LogP contribution >= 0.6 is 0 Å². The molecular formula is C59H38N2O. The van der Waals surface area contributed by atoms with E-state index < -0.39 is 0 Å². The van der Waals surface area contributed by atoms with Gasteiger partial charge in [-0.25, -0.2) is 4.98 Å². The molecule has 3 nitrogen and oxygen atoms in total. The molecule has 9 aromatic carbocycles. The summed E-state index contributed by atoms with van der Waals surface area (Å²) in [6.07, 6.45) is 0. The van der Waals surface area contributed by atoms with E-state index in [4.69, 9.17) is 9.40 Å². The lowest BCUT2D eigenvalue weighted by molar-refractivity contribution is 0.669. The molecule has 0 amide bonds. The lowest BCUT2D eigenvalue weighted by Gasteiger charge is -2.14. The Bertz CT molecular complexity index is 3500. The Kier molecular flexibility index (Phi) is 8.50. The molecule has 62 heavy (non-hydrogen) atoms. The first-order chi connectivity index (χ1) is 30.7. The zero-order chi connectivity index (χ0) is 41.0. The molecule has 290 valence electrons. The Morgan fingerprint density at radius 1 is 0.274 bits per heavy atom. The highest BCUT2D eigenvalue weighted by atomic mass is 16.3. The Morgan fingerprint density at radius 2 is 0.742 bits per heavy atom. The van der Waals surface area contributed by atoms with Crippen LogP contribution in [0.2, 0.25) is 0 Å². The largest absolute Gasteiger partial charge is 0.456 e. The van der Waals surface area contributed by atoms with Crippen LogP contribution in [0.25, 0.3) is 116 Å². The average Bonchev–Trinajstić information content (AvgIpc) is 3.90. The van der Waals surface area contributed by atoms with Crippen molar-refractivity contribution in [2.45, 2.75) is 0 Å². The standard InChI is InChI=1S/C59H38N2O/c1-3-12-39(13-4-1)41-22-24-43(25-23-41)49-37-54(44-28-26-42(27-29-44)40-14-5-2-6-15-40)60-59(38-49)61-55-20-9-7-18-50(55)52-35-47(30-32-56(52)61)45-16-11-17-46(34-45)48-31-33-58-53(36-48)51-19-8-10-21-57(51)62-58/h1-38H. The Balaban J connectivity index is 0.980. The molecule has 3 heteroatoms. The molecule has 0 spiro atoms. The third kappa shape index (κ3) is 6.27. The maximum absolute atomic E-state index is 6.14. The number of rotatable bonds is 7. The number of para-hydroxylation sites is 2. The molecule has 0 saturated heterocycles. The predicted molar refractivity (Wildman–Crippen MR) is 258 cm³/mol. The van der Waals surface area contributed by atoms with Crippen LogP contribution in [0.1, 0.15) is 0 Å². The topological polar surface area (TPSA) is 31.0 Å².